The van der Waals surface area contributed by atoms with Crippen molar-refractivity contribution in [2.24, 2.45) is 11.1 Å². The summed E-state index contributed by atoms with van der Waals surface area (Å²) < 4.78 is 13.5. The number of hydrogen-bond donors (Lipinski definition) is 2. The molecule has 0 atom stereocenters. The van der Waals surface area contributed by atoms with E-state index in [2.05, 4.69) is 5.32 Å². The first kappa shape index (κ1) is 16.0. The van der Waals surface area contributed by atoms with Crippen LogP contribution in [0, 0.1) is 18.2 Å². The van der Waals surface area contributed by atoms with Crippen LogP contribution in [0.5, 0.6) is 0 Å². The molecule has 1 aliphatic rings. The van der Waals surface area contributed by atoms with E-state index in [0.29, 0.717) is 18.7 Å². The Kier molecular flexibility index (Phi) is 5.34. The maximum Gasteiger partial charge on any atom is 0.227 e. The number of nitrogens with two attached hydrogens (primary N) is 1. The van der Waals surface area contributed by atoms with E-state index in [9.17, 15) is 9.18 Å². The quantitative estimate of drug-likeness (QED) is 0.838. The molecule has 0 unspecified atom stereocenters. The van der Waals surface area contributed by atoms with Crippen LogP contribution in [0.25, 0.3) is 0 Å². The van der Waals surface area contributed by atoms with Crippen molar-refractivity contribution >= 4 is 5.91 Å². The molecular formula is C17H25FN2O. The number of carbonyl (C=O) groups excluding carboxylic acids is 1. The van der Waals surface area contributed by atoms with Gasteiger partial charge in [-0.1, -0.05) is 37.8 Å². The second-order valence-electron chi connectivity index (χ2n) is 6.16. The summed E-state index contributed by atoms with van der Waals surface area (Å²) in [6.07, 6.45) is 6.19. The van der Waals surface area contributed by atoms with E-state index < -0.39 is 5.41 Å². The Hall–Kier alpha value is -1.42. The molecule has 1 aliphatic carbocycles. The molecule has 0 saturated heterocycles. The van der Waals surface area contributed by atoms with Crippen molar-refractivity contribution in [1.82, 2.24) is 5.32 Å². The molecular weight excluding hydrogens is 267 g/mol. The molecule has 0 aliphatic heterocycles. The zero-order valence-corrected chi connectivity index (χ0v) is 12.8. The fourth-order valence-electron chi connectivity index (χ4n) is 3.05. The molecule has 0 aromatic heterocycles. The molecule has 4 heteroatoms. The molecule has 1 aromatic carbocycles. The van der Waals surface area contributed by atoms with E-state index in [1.165, 1.54) is 18.9 Å². The molecule has 2 rings (SSSR count). The van der Waals surface area contributed by atoms with Crippen LogP contribution in [0.4, 0.5) is 4.39 Å². The minimum Gasteiger partial charge on any atom is -0.352 e. The standard InChI is InChI=1S/C17H25FN2O/c1-13-6-7-14(10-15(13)18)11-20-16(21)17(12-19)8-4-2-3-5-9-17/h6-7,10H,2-5,8-9,11-12,19H2,1H3,(H,20,21). The van der Waals surface area contributed by atoms with Crippen molar-refractivity contribution in [2.45, 2.75) is 52.0 Å². The van der Waals surface area contributed by atoms with Gasteiger partial charge in [0.1, 0.15) is 5.82 Å². The number of aryl methyl sites for hydroxylation is 1. The van der Waals surface area contributed by atoms with Crippen molar-refractivity contribution in [1.29, 1.82) is 0 Å². The topological polar surface area (TPSA) is 55.1 Å². The lowest BCUT2D eigenvalue weighted by molar-refractivity contribution is -0.131. The fourth-order valence-corrected chi connectivity index (χ4v) is 3.05. The molecule has 3 N–H and O–H groups in total. The zero-order valence-electron chi connectivity index (χ0n) is 12.8. The van der Waals surface area contributed by atoms with Crippen molar-refractivity contribution in [3.8, 4) is 0 Å². The number of hydrogen-bond acceptors (Lipinski definition) is 2. The lowest BCUT2D eigenvalue weighted by Crippen LogP contribution is -2.45. The third-order valence-electron chi connectivity index (χ3n) is 4.62. The van der Waals surface area contributed by atoms with Crippen molar-refractivity contribution in [3.05, 3.63) is 35.1 Å². The van der Waals surface area contributed by atoms with Crippen molar-refractivity contribution in [2.75, 3.05) is 6.54 Å². The summed E-state index contributed by atoms with van der Waals surface area (Å²) in [5.74, 6) is -0.211. The van der Waals surface area contributed by atoms with Crippen LogP contribution in [0.15, 0.2) is 18.2 Å². The summed E-state index contributed by atoms with van der Waals surface area (Å²) in [5, 5.41) is 2.95. The molecule has 1 amide bonds. The van der Waals surface area contributed by atoms with E-state index >= 15 is 0 Å². The van der Waals surface area contributed by atoms with Crippen LogP contribution < -0.4 is 11.1 Å². The first-order valence-electron chi connectivity index (χ1n) is 7.81. The predicted octanol–water partition coefficient (Wildman–Crippen LogP) is 3.05. The number of nitrogens with one attached hydrogen (secondary N) is 1. The molecule has 21 heavy (non-hydrogen) atoms. The number of halogens is 1. The summed E-state index contributed by atoms with van der Waals surface area (Å²) in [6, 6.07) is 5.07. The normalized spacial score (nSPS) is 18.0. The van der Waals surface area contributed by atoms with Gasteiger partial charge in [-0.15, -0.1) is 0 Å². The Morgan fingerprint density at radius 3 is 2.52 bits per heavy atom. The number of carbonyl (C=O) groups is 1. The van der Waals surface area contributed by atoms with Crippen molar-refractivity contribution in [3.63, 3.8) is 0 Å². The predicted molar refractivity (Wildman–Crippen MR) is 82.2 cm³/mol. The number of amides is 1. The summed E-state index contributed by atoms with van der Waals surface area (Å²) in [6.45, 7) is 2.48. The van der Waals surface area contributed by atoms with Gasteiger partial charge in [0.25, 0.3) is 0 Å². The van der Waals surface area contributed by atoms with Gasteiger partial charge in [-0.3, -0.25) is 4.79 Å². The van der Waals surface area contributed by atoms with Crippen LogP contribution in [-0.4, -0.2) is 12.5 Å². The summed E-state index contributed by atoms with van der Waals surface area (Å²) >= 11 is 0. The molecule has 0 heterocycles. The maximum atomic E-state index is 13.5. The van der Waals surface area contributed by atoms with Gasteiger partial charge in [0, 0.05) is 13.1 Å². The Morgan fingerprint density at radius 1 is 1.29 bits per heavy atom. The highest BCUT2D eigenvalue weighted by atomic mass is 19.1. The molecule has 116 valence electrons. The maximum absolute atomic E-state index is 13.5. The Labute approximate surface area is 126 Å². The molecule has 0 radical (unpaired) electrons. The summed E-state index contributed by atoms with van der Waals surface area (Å²) in [7, 11) is 0. The van der Waals surface area contributed by atoms with Gasteiger partial charge in [0.05, 0.1) is 5.41 Å². The van der Waals surface area contributed by atoms with E-state index in [4.69, 9.17) is 5.73 Å². The molecule has 1 saturated carbocycles. The SMILES string of the molecule is Cc1ccc(CNC(=O)C2(CN)CCCCCC2)cc1F. The smallest absolute Gasteiger partial charge is 0.227 e. The van der Waals surface area contributed by atoms with Gasteiger partial charge in [-0.25, -0.2) is 4.39 Å². The van der Waals surface area contributed by atoms with Gasteiger partial charge in [-0.2, -0.15) is 0 Å². The number of benzene rings is 1. The zero-order chi connectivity index (χ0) is 15.3. The monoisotopic (exact) mass is 292 g/mol. The van der Waals surface area contributed by atoms with Gasteiger partial charge in [0.2, 0.25) is 5.91 Å². The lowest BCUT2D eigenvalue weighted by Gasteiger charge is -2.29. The molecule has 1 aromatic rings. The lowest BCUT2D eigenvalue weighted by atomic mass is 9.79. The Bertz CT molecular complexity index is 494. The highest BCUT2D eigenvalue weighted by molar-refractivity contribution is 5.82. The van der Waals surface area contributed by atoms with Gasteiger partial charge < -0.3 is 11.1 Å². The summed E-state index contributed by atoms with van der Waals surface area (Å²) in [4.78, 5) is 12.5. The van der Waals surface area contributed by atoms with E-state index in [-0.39, 0.29) is 11.7 Å². The summed E-state index contributed by atoms with van der Waals surface area (Å²) in [5.41, 5.74) is 6.87. The fraction of sp³-hybridized carbons (Fsp3) is 0.588. The van der Waals surface area contributed by atoms with Gasteiger partial charge in [0.15, 0.2) is 0 Å². The average molecular weight is 292 g/mol. The van der Waals surface area contributed by atoms with Crippen LogP contribution in [-0.2, 0) is 11.3 Å². The van der Waals surface area contributed by atoms with Crippen LogP contribution in [0.1, 0.15) is 49.7 Å². The van der Waals surface area contributed by atoms with Gasteiger partial charge in [-0.05, 0) is 37.0 Å². The van der Waals surface area contributed by atoms with Crippen LogP contribution >= 0.6 is 0 Å². The molecule has 3 nitrogen and oxygen atoms in total. The molecule has 0 bridgehead atoms. The highest BCUT2D eigenvalue weighted by Gasteiger charge is 2.36. The van der Waals surface area contributed by atoms with E-state index in [0.717, 1.165) is 31.2 Å². The van der Waals surface area contributed by atoms with Crippen LogP contribution in [0.3, 0.4) is 0 Å². The second-order valence-corrected chi connectivity index (χ2v) is 6.16. The molecule has 1 fully saturated rings. The van der Waals surface area contributed by atoms with Gasteiger partial charge >= 0.3 is 0 Å². The largest absolute Gasteiger partial charge is 0.352 e. The Morgan fingerprint density at radius 2 is 1.95 bits per heavy atom. The second kappa shape index (κ2) is 7.03. The minimum absolute atomic E-state index is 0.0212. The Balaban J connectivity index is 2.00. The number of rotatable bonds is 4. The van der Waals surface area contributed by atoms with Crippen molar-refractivity contribution < 1.29 is 9.18 Å². The third-order valence-corrected chi connectivity index (χ3v) is 4.62. The van der Waals surface area contributed by atoms with E-state index in [1.807, 2.05) is 6.07 Å². The first-order chi connectivity index (χ1) is 10.1. The van der Waals surface area contributed by atoms with Crippen LogP contribution in [0.2, 0.25) is 0 Å². The van der Waals surface area contributed by atoms with E-state index in [1.54, 1.807) is 13.0 Å². The third kappa shape index (κ3) is 3.82. The minimum atomic E-state index is -0.431. The average Bonchev–Trinajstić information content (AvgIpc) is 2.74. The highest BCUT2D eigenvalue weighted by Crippen LogP contribution is 2.34. The molecule has 0 spiro atoms. The first-order valence-corrected chi connectivity index (χ1v) is 7.81.